The molecule has 8 heteroatoms. The summed E-state index contributed by atoms with van der Waals surface area (Å²) in [5.41, 5.74) is 3.28. The first kappa shape index (κ1) is 17.0. The van der Waals surface area contributed by atoms with Gasteiger partial charge in [0.1, 0.15) is 11.7 Å². The number of nitrogens with two attached hydrogens (primary N) is 1. The third kappa shape index (κ3) is 3.53. The molecule has 1 atom stereocenters. The number of aromatic nitrogens is 2. The highest BCUT2D eigenvalue weighted by atomic mass is 19.4. The molecule has 1 aromatic carbocycles. The number of imidazole rings is 1. The molecule has 23 heavy (non-hydrogen) atoms. The van der Waals surface area contributed by atoms with Crippen LogP contribution in [0.25, 0.3) is 0 Å². The Morgan fingerprint density at radius 1 is 1.30 bits per heavy atom. The molecule has 0 bridgehead atoms. The summed E-state index contributed by atoms with van der Waals surface area (Å²) in [6.07, 6.45) is -3.00. The molecule has 0 amide bonds. The largest absolute Gasteiger partial charge is 0.424 e. The van der Waals surface area contributed by atoms with Crippen LogP contribution in [-0.4, -0.2) is 33.2 Å². The highest BCUT2D eigenvalue weighted by molar-refractivity contribution is 5.97. The molecule has 0 saturated heterocycles. The summed E-state index contributed by atoms with van der Waals surface area (Å²) >= 11 is 0. The number of amidine groups is 1. The predicted octanol–water partition coefficient (Wildman–Crippen LogP) is 1.97. The van der Waals surface area contributed by atoms with Crippen molar-refractivity contribution in [2.45, 2.75) is 18.2 Å². The highest BCUT2D eigenvalue weighted by Gasteiger charge is 2.57. The molecule has 2 rings (SSSR count). The lowest BCUT2D eigenvalue weighted by atomic mass is 9.98. The molecule has 0 saturated carbocycles. The zero-order valence-electron chi connectivity index (χ0n) is 12.5. The van der Waals surface area contributed by atoms with Crippen LogP contribution in [0.2, 0.25) is 0 Å². The minimum absolute atomic E-state index is 0.120. The summed E-state index contributed by atoms with van der Waals surface area (Å²) in [7, 11) is 1.39. The van der Waals surface area contributed by atoms with Crippen molar-refractivity contribution in [3.05, 3.63) is 54.1 Å². The highest BCUT2D eigenvalue weighted by Crippen LogP contribution is 2.40. The minimum Gasteiger partial charge on any atom is -0.384 e. The Morgan fingerprint density at radius 3 is 2.48 bits per heavy atom. The predicted molar refractivity (Wildman–Crippen MR) is 79.8 cm³/mol. The van der Waals surface area contributed by atoms with E-state index in [9.17, 15) is 18.3 Å². The van der Waals surface area contributed by atoms with Gasteiger partial charge in [0.25, 0.3) is 0 Å². The maximum atomic E-state index is 13.3. The molecule has 0 aliphatic carbocycles. The van der Waals surface area contributed by atoms with E-state index in [4.69, 9.17) is 5.73 Å². The van der Waals surface area contributed by atoms with Gasteiger partial charge in [-0.2, -0.15) is 13.2 Å². The van der Waals surface area contributed by atoms with Gasteiger partial charge in [-0.1, -0.05) is 30.3 Å². The van der Waals surface area contributed by atoms with Crippen molar-refractivity contribution in [3.63, 3.8) is 0 Å². The van der Waals surface area contributed by atoms with Gasteiger partial charge >= 0.3 is 6.18 Å². The maximum Gasteiger partial charge on any atom is 0.424 e. The number of hydrogen-bond acceptors (Lipinski definition) is 3. The number of aliphatic imine (C=N–C) groups is 1. The smallest absolute Gasteiger partial charge is 0.384 e. The fourth-order valence-electron chi connectivity index (χ4n) is 2.18. The normalized spacial score (nSPS) is 15.4. The molecule has 3 N–H and O–H groups in total. The Labute approximate surface area is 131 Å². The van der Waals surface area contributed by atoms with Crippen molar-refractivity contribution >= 4 is 5.84 Å². The Kier molecular flexibility index (Phi) is 4.74. The van der Waals surface area contributed by atoms with Crippen LogP contribution >= 0.6 is 0 Å². The summed E-state index contributed by atoms with van der Waals surface area (Å²) in [4.78, 5) is 7.55. The van der Waals surface area contributed by atoms with Gasteiger partial charge in [-0.25, -0.2) is 4.98 Å². The third-order valence-electron chi connectivity index (χ3n) is 3.49. The topological polar surface area (TPSA) is 76.4 Å². The number of halogens is 3. The fourth-order valence-corrected chi connectivity index (χ4v) is 2.18. The van der Waals surface area contributed by atoms with Crippen LogP contribution in [0.3, 0.4) is 0 Å². The van der Waals surface area contributed by atoms with Gasteiger partial charge in [-0.3, -0.25) is 4.99 Å². The first-order valence-electron chi connectivity index (χ1n) is 6.88. The number of aryl methyl sites for hydroxylation is 1. The Balaban J connectivity index is 2.19. The molecule has 5 nitrogen and oxygen atoms in total. The van der Waals surface area contributed by atoms with Crippen LogP contribution in [0.1, 0.15) is 17.8 Å². The molecule has 0 fully saturated rings. The summed E-state index contributed by atoms with van der Waals surface area (Å²) in [5, 5.41) is 10.2. The summed E-state index contributed by atoms with van der Waals surface area (Å²) in [6.45, 7) is -0.288. The lowest BCUT2D eigenvalue weighted by Gasteiger charge is -2.29. The van der Waals surface area contributed by atoms with Gasteiger partial charge < -0.3 is 15.4 Å². The second kappa shape index (κ2) is 6.41. The zero-order chi connectivity index (χ0) is 17.1. The van der Waals surface area contributed by atoms with E-state index in [0.29, 0.717) is 5.56 Å². The van der Waals surface area contributed by atoms with Crippen molar-refractivity contribution in [3.8, 4) is 0 Å². The second-order valence-corrected chi connectivity index (χ2v) is 5.10. The van der Waals surface area contributed by atoms with E-state index in [1.807, 2.05) is 0 Å². The van der Waals surface area contributed by atoms with E-state index >= 15 is 0 Å². The summed E-state index contributed by atoms with van der Waals surface area (Å²) < 4.78 is 41.1. The van der Waals surface area contributed by atoms with Crippen LogP contribution in [-0.2, 0) is 12.6 Å². The molecule has 1 aromatic heterocycles. The van der Waals surface area contributed by atoms with Crippen LogP contribution in [0.5, 0.6) is 0 Å². The van der Waals surface area contributed by atoms with Gasteiger partial charge in [0.15, 0.2) is 0 Å². The Morgan fingerprint density at radius 2 is 1.96 bits per heavy atom. The average Bonchev–Trinajstić information content (AvgIpc) is 2.93. The maximum absolute atomic E-state index is 13.3. The van der Waals surface area contributed by atoms with Crippen molar-refractivity contribution in [2.24, 2.45) is 17.8 Å². The lowest BCUT2D eigenvalue weighted by Crippen LogP contribution is -2.45. The van der Waals surface area contributed by atoms with Crippen LogP contribution < -0.4 is 5.73 Å². The van der Waals surface area contributed by atoms with E-state index in [2.05, 4.69) is 9.98 Å². The molecule has 0 aliphatic rings. The number of benzene rings is 1. The average molecular weight is 326 g/mol. The molecular weight excluding hydrogens is 309 g/mol. The van der Waals surface area contributed by atoms with Crippen molar-refractivity contribution in [1.29, 1.82) is 0 Å². The summed E-state index contributed by atoms with van der Waals surface area (Å²) in [5.74, 6) is -0.353. The van der Waals surface area contributed by atoms with Crippen LogP contribution in [0.15, 0.2) is 47.7 Å². The second-order valence-electron chi connectivity index (χ2n) is 5.10. The van der Waals surface area contributed by atoms with Crippen molar-refractivity contribution in [1.82, 2.24) is 9.55 Å². The number of nitrogens with zero attached hydrogens (tertiary/aromatic N) is 3. The first-order chi connectivity index (χ1) is 10.8. The molecule has 1 heterocycles. The molecule has 0 aliphatic heterocycles. The molecule has 0 radical (unpaired) electrons. The monoisotopic (exact) mass is 326 g/mol. The Bertz CT molecular complexity index is 682. The number of rotatable bonds is 5. The van der Waals surface area contributed by atoms with Crippen molar-refractivity contribution < 1.29 is 18.3 Å². The van der Waals surface area contributed by atoms with Gasteiger partial charge in [-0.05, 0) is 0 Å². The van der Waals surface area contributed by atoms with Crippen molar-refractivity contribution in [2.75, 3.05) is 6.54 Å². The van der Waals surface area contributed by atoms with E-state index in [-0.39, 0.29) is 12.4 Å². The number of aliphatic hydroxyl groups is 1. The standard InChI is InChI=1S/C15H17F3N4O/c1-22-10-9-21-13(22)14(23,15(16,17)18)7-8-20-12(19)11-5-3-2-4-6-11/h2-6,9-10,23H,7-8H2,1H3,(H2,19,20)/t14-/m1/s1. The van der Waals surface area contributed by atoms with Gasteiger partial charge in [0.2, 0.25) is 5.60 Å². The zero-order valence-corrected chi connectivity index (χ0v) is 12.5. The first-order valence-corrected chi connectivity index (χ1v) is 6.88. The van der Waals surface area contributed by atoms with Crippen LogP contribution in [0, 0.1) is 0 Å². The van der Waals surface area contributed by atoms with Gasteiger partial charge in [-0.15, -0.1) is 0 Å². The van der Waals surface area contributed by atoms with Crippen LogP contribution in [0.4, 0.5) is 13.2 Å². The van der Waals surface area contributed by atoms with E-state index in [1.165, 1.54) is 19.4 Å². The van der Waals surface area contributed by atoms with E-state index in [1.54, 1.807) is 30.3 Å². The molecule has 124 valence electrons. The van der Waals surface area contributed by atoms with Gasteiger partial charge in [0.05, 0.1) is 0 Å². The number of alkyl halides is 3. The van der Waals surface area contributed by atoms with E-state index in [0.717, 1.165) is 4.57 Å². The lowest BCUT2D eigenvalue weighted by molar-refractivity contribution is -0.272. The number of hydrogen-bond donors (Lipinski definition) is 2. The molecule has 0 spiro atoms. The minimum atomic E-state index is -4.87. The van der Waals surface area contributed by atoms with E-state index < -0.39 is 24.0 Å². The molecule has 2 aromatic rings. The molecule has 0 unspecified atom stereocenters. The quantitative estimate of drug-likeness (QED) is 0.651. The van der Waals surface area contributed by atoms with Gasteiger partial charge in [0, 0.05) is 38.0 Å². The fraction of sp³-hybridized carbons (Fsp3) is 0.333. The SMILES string of the molecule is Cn1ccnc1[C@](O)(CCN=C(N)c1ccccc1)C(F)(F)F. The molecular formula is C15H17F3N4O. The Hall–Kier alpha value is -2.35. The summed E-state index contributed by atoms with van der Waals surface area (Å²) in [6, 6.07) is 8.69. The third-order valence-corrected chi connectivity index (χ3v) is 3.49.